The summed E-state index contributed by atoms with van der Waals surface area (Å²) < 4.78 is 4.84. The molecule has 0 aliphatic carbocycles. The number of hydrogen-bond acceptors (Lipinski definition) is 4. The third-order valence-corrected chi connectivity index (χ3v) is 11.1. The lowest BCUT2D eigenvalue weighted by molar-refractivity contribution is 0.954. The molecule has 0 fully saturated rings. The summed E-state index contributed by atoms with van der Waals surface area (Å²) in [6.45, 7) is 0. The molecule has 11 aromatic rings. The van der Waals surface area contributed by atoms with Crippen molar-refractivity contribution in [2.24, 2.45) is 0 Å². The fraction of sp³-hybridized carbons (Fsp3) is 0. The molecule has 3 heterocycles. The molecule has 0 radical (unpaired) electrons. The van der Waals surface area contributed by atoms with Crippen LogP contribution in [0.3, 0.4) is 0 Å². The molecule has 0 spiro atoms. The Balaban J connectivity index is 1.29. The van der Waals surface area contributed by atoms with E-state index in [9.17, 15) is 0 Å². The summed E-state index contributed by atoms with van der Waals surface area (Å²) in [6, 6.07) is 56.1. The molecule has 0 aliphatic heterocycles. The van der Waals surface area contributed by atoms with E-state index in [0.29, 0.717) is 17.6 Å². The molecule has 232 valence electrons. The van der Waals surface area contributed by atoms with Gasteiger partial charge in [0.05, 0.1) is 11.0 Å². The zero-order valence-corrected chi connectivity index (χ0v) is 27.5. The van der Waals surface area contributed by atoms with Gasteiger partial charge in [0.25, 0.3) is 0 Å². The molecule has 8 aromatic carbocycles. The maximum Gasteiger partial charge on any atom is 0.238 e. The van der Waals surface area contributed by atoms with Gasteiger partial charge in [-0.25, -0.2) is 4.98 Å². The topological polar surface area (TPSA) is 43.6 Å². The summed E-state index contributed by atoms with van der Waals surface area (Å²) in [5.41, 5.74) is 4.02. The van der Waals surface area contributed by atoms with E-state index < -0.39 is 0 Å². The third-order valence-electron chi connectivity index (χ3n) is 10.0. The third kappa shape index (κ3) is 4.01. The lowest BCUT2D eigenvalue weighted by atomic mass is 9.92. The Labute approximate surface area is 290 Å². The van der Waals surface area contributed by atoms with Crippen molar-refractivity contribution in [3.8, 4) is 28.7 Å². The molecular weight excluding hydrogens is 629 g/mol. The number of fused-ring (bicyclic) bond motifs is 12. The first-order chi connectivity index (χ1) is 24.8. The predicted molar refractivity (Wildman–Crippen MR) is 210 cm³/mol. The number of hydrogen-bond donors (Lipinski definition) is 0. The highest BCUT2D eigenvalue weighted by Crippen LogP contribution is 2.44. The highest BCUT2D eigenvalue weighted by Gasteiger charge is 2.20. The number of thiophene rings is 1. The molecule has 0 unspecified atom stereocenters. The van der Waals surface area contributed by atoms with E-state index in [1.807, 2.05) is 47.7 Å². The first-order valence-electron chi connectivity index (χ1n) is 16.8. The van der Waals surface area contributed by atoms with Crippen LogP contribution >= 0.6 is 11.3 Å². The average Bonchev–Trinajstić information content (AvgIpc) is 3.72. The van der Waals surface area contributed by atoms with Crippen LogP contribution in [0.4, 0.5) is 0 Å². The van der Waals surface area contributed by atoms with Gasteiger partial charge in [-0.2, -0.15) is 9.97 Å². The Morgan fingerprint density at radius 3 is 1.54 bits per heavy atom. The van der Waals surface area contributed by atoms with Crippen LogP contribution in [-0.2, 0) is 0 Å². The molecule has 0 atom stereocenters. The van der Waals surface area contributed by atoms with Crippen molar-refractivity contribution < 1.29 is 0 Å². The van der Waals surface area contributed by atoms with Crippen molar-refractivity contribution in [3.05, 3.63) is 158 Å². The summed E-state index contributed by atoms with van der Waals surface area (Å²) in [5, 5.41) is 12.5. The smallest absolute Gasteiger partial charge is 0.238 e. The van der Waals surface area contributed by atoms with Crippen molar-refractivity contribution in [1.82, 2.24) is 19.5 Å². The number of aromatic nitrogens is 4. The monoisotopic (exact) mass is 654 g/mol. The first kappa shape index (κ1) is 27.5. The van der Waals surface area contributed by atoms with E-state index in [4.69, 9.17) is 15.0 Å². The van der Waals surface area contributed by atoms with E-state index in [2.05, 4.69) is 126 Å². The van der Waals surface area contributed by atoms with Gasteiger partial charge in [-0.05, 0) is 68.7 Å². The standard InChI is InChI=1S/C45H26N4S/c1-3-13-27(14-4-1)43-46-44(28-15-5-2-6-16-28)48-45(47-43)49-39-21-11-9-19-31(39)37-23-33-29-17-7-8-18-30(29)34-24-38-32-20-10-12-22-41(32)50-42(38)26-36(34)35(33)25-40(37)49/h1-26H. The summed E-state index contributed by atoms with van der Waals surface area (Å²) in [5.74, 6) is 1.88. The van der Waals surface area contributed by atoms with Gasteiger partial charge in [0.15, 0.2) is 11.6 Å². The van der Waals surface area contributed by atoms with E-state index in [1.165, 1.54) is 57.9 Å². The van der Waals surface area contributed by atoms with Crippen molar-refractivity contribution in [1.29, 1.82) is 0 Å². The predicted octanol–water partition coefficient (Wildman–Crippen LogP) is 12.1. The Morgan fingerprint density at radius 1 is 0.340 bits per heavy atom. The lowest BCUT2D eigenvalue weighted by Gasteiger charge is -2.13. The number of benzene rings is 8. The fourth-order valence-corrected chi connectivity index (χ4v) is 8.87. The van der Waals surface area contributed by atoms with Crippen molar-refractivity contribution in [2.45, 2.75) is 0 Å². The Kier molecular flexibility index (Phi) is 5.80. The van der Waals surface area contributed by atoms with Gasteiger partial charge in [-0.15, -0.1) is 11.3 Å². The van der Waals surface area contributed by atoms with Gasteiger partial charge in [-0.1, -0.05) is 121 Å². The zero-order valence-electron chi connectivity index (χ0n) is 26.7. The molecule has 0 saturated heterocycles. The van der Waals surface area contributed by atoms with Crippen LogP contribution < -0.4 is 0 Å². The van der Waals surface area contributed by atoms with Crippen LogP contribution in [0.25, 0.3) is 103 Å². The van der Waals surface area contributed by atoms with Crippen LogP contribution in [0.15, 0.2) is 158 Å². The molecule has 0 saturated carbocycles. The lowest BCUT2D eigenvalue weighted by Crippen LogP contribution is -2.06. The Morgan fingerprint density at radius 2 is 0.860 bits per heavy atom. The second-order valence-electron chi connectivity index (χ2n) is 12.8. The zero-order chi connectivity index (χ0) is 32.8. The van der Waals surface area contributed by atoms with E-state index in [-0.39, 0.29) is 0 Å². The van der Waals surface area contributed by atoms with Gasteiger partial charge in [0.2, 0.25) is 5.95 Å². The molecule has 5 heteroatoms. The highest BCUT2D eigenvalue weighted by atomic mass is 32.1. The van der Waals surface area contributed by atoms with Crippen LogP contribution in [0.2, 0.25) is 0 Å². The van der Waals surface area contributed by atoms with Gasteiger partial charge in [0, 0.05) is 42.1 Å². The summed E-state index contributed by atoms with van der Waals surface area (Å²) >= 11 is 1.86. The molecule has 0 N–H and O–H groups in total. The first-order valence-corrected chi connectivity index (χ1v) is 17.6. The second kappa shape index (κ2) is 10.5. The van der Waals surface area contributed by atoms with Crippen molar-refractivity contribution in [3.63, 3.8) is 0 Å². The molecule has 50 heavy (non-hydrogen) atoms. The number of rotatable bonds is 3. The van der Waals surface area contributed by atoms with Crippen molar-refractivity contribution in [2.75, 3.05) is 0 Å². The molecule has 4 nitrogen and oxygen atoms in total. The minimum atomic E-state index is 0.597. The van der Waals surface area contributed by atoms with Gasteiger partial charge >= 0.3 is 0 Å². The van der Waals surface area contributed by atoms with Gasteiger partial charge < -0.3 is 0 Å². The summed E-state index contributed by atoms with van der Waals surface area (Å²) in [7, 11) is 0. The second-order valence-corrected chi connectivity index (χ2v) is 13.9. The highest BCUT2D eigenvalue weighted by molar-refractivity contribution is 7.25. The molecule has 0 aliphatic rings. The fourth-order valence-electron chi connectivity index (χ4n) is 7.74. The van der Waals surface area contributed by atoms with Crippen LogP contribution in [0, 0.1) is 0 Å². The Bertz CT molecular complexity index is 3080. The molecule has 11 rings (SSSR count). The molecule has 0 amide bonds. The minimum absolute atomic E-state index is 0.597. The maximum atomic E-state index is 5.17. The summed E-state index contributed by atoms with van der Waals surface area (Å²) in [6.07, 6.45) is 0. The Hall–Kier alpha value is -6.43. The van der Waals surface area contributed by atoms with E-state index >= 15 is 0 Å². The molecule has 0 bridgehead atoms. The largest absolute Gasteiger partial charge is 0.278 e. The van der Waals surface area contributed by atoms with Crippen molar-refractivity contribution >= 4 is 85.6 Å². The van der Waals surface area contributed by atoms with Gasteiger partial charge in [-0.3, -0.25) is 4.57 Å². The quantitative estimate of drug-likeness (QED) is 0.178. The maximum absolute atomic E-state index is 5.17. The van der Waals surface area contributed by atoms with E-state index in [1.54, 1.807) is 0 Å². The number of nitrogens with zero attached hydrogens (tertiary/aromatic N) is 4. The minimum Gasteiger partial charge on any atom is -0.278 e. The normalized spacial score (nSPS) is 12.0. The SMILES string of the molecule is c1ccc(-c2nc(-c3ccccc3)nc(-n3c4ccccc4c4cc5c6ccccc6c6cc7c(cc6c5cc43)sc3ccccc37)n2)cc1. The summed E-state index contributed by atoms with van der Waals surface area (Å²) in [4.78, 5) is 15.3. The van der Waals surface area contributed by atoms with Gasteiger partial charge in [0.1, 0.15) is 0 Å². The molecular formula is C45H26N4S. The van der Waals surface area contributed by atoms with Crippen LogP contribution in [0.5, 0.6) is 0 Å². The van der Waals surface area contributed by atoms with E-state index in [0.717, 1.165) is 27.5 Å². The molecule has 3 aromatic heterocycles. The van der Waals surface area contributed by atoms with Crippen LogP contribution in [-0.4, -0.2) is 19.5 Å². The van der Waals surface area contributed by atoms with Crippen LogP contribution in [0.1, 0.15) is 0 Å². The average molecular weight is 655 g/mol. The number of para-hydroxylation sites is 1.